The maximum Gasteiger partial charge on any atom is 0.254 e. The first-order chi connectivity index (χ1) is 12.2. The van der Waals surface area contributed by atoms with Gasteiger partial charge in [-0.05, 0) is 64.5 Å². The van der Waals surface area contributed by atoms with Crippen LogP contribution >= 0.6 is 0 Å². The van der Waals surface area contributed by atoms with Crippen LogP contribution in [0.3, 0.4) is 0 Å². The van der Waals surface area contributed by atoms with Crippen molar-refractivity contribution in [1.29, 1.82) is 0 Å². The highest BCUT2D eigenvalue weighted by molar-refractivity contribution is 6.08. The highest BCUT2D eigenvalue weighted by Crippen LogP contribution is 2.32. The van der Waals surface area contributed by atoms with E-state index in [-0.39, 0.29) is 17.4 Å². The van der Waals surface area contributed by atoms with E-state index in [1.807, 2.05) is 32.9 Å². The molecule has 1 heterocycles. The summed E-state index contributed by atoms with van der Waals surface area (Å²) in [4.78, 5) is 28.5. The van der Waals surface area contributed by atoms with E-state index in [1.165, 1.54) is 17.7 Å². The summed E-state index contributed by atoms with van der Waals surface area (Å²) in [6.07, 6.45) is 3.24. The molecular formula is C21H29N3O2. The lowest BCUT2D eigenvalue weighted by Gasteiger charge is -2.23. The van der Waals surface area contributed by atoms with Gasteiger partial charge in [0.2, 0.25) is 5.91 Å². The zero-order valence-corrected chi connectivity index (χ0v) is 16.3. The molecule has 1 aliphatic carbocycles. The van der Waals surface area contributed by atoms with Crippen LogP contribution in [0.15, 0.2) is 18.2 Å². The largest absolute Gasteiger partial charge is 0.358 e. The number of hydrogen-bond acceptors (Lipinski definition) is 2. The second kappa shape index (κ2) is 6.78. The number of carbonyl (C=O) groups is 2. The SMILES string of the molecule is CC1CCc2[nH]c3c(C(=O)NC(C)C(=O)NC(C)(C)C)cccc3c2C1. The number of rotatable bonds is 3. The Kier molecular flexibility index (Phi) is 4.82. The molecule has 0 saturated heterocycles. The van der Waals surface area contributed by atoms with Gasteiger partial charge in [-0.1, -0.05) is 19.1 Å². The van der Waals surface area contributed by atoms with Gasteiger partial charge in [0.05, 0.1) is 11.1 Å². The summed E-state index contributed by atoms with van der Waals surface area (Å²) in [5.41, 5.74) is 3.74. The Hall–Kier alpha value is -2.30. The molecule has 5 nitrogen and oxygen atoms in total. The van der Waals surface area contributed by atoms with Crippen molar-refractivity contribution >= 4 is 22.7 Å². The quantitative estimate of drug-likeness (QED) is 0.790. The average molecular weight is 355 g/mol. The van der Waals surface area contributed by atoms with Gasteiger partial charge < -0.3 is 15.6 Å². The Morgan fingerprint density at radius 2 is 2.00 bits per heavy atom. The van der Waals surface area contributed by atoms with Crippen LogP contribution in [0.25, 0.3) is 10.9 Å². The highest BCUT2D eigenvalue weighted by atomic mass is 16.2. The summed E-state index contributed by atoms with van der Waals surface area (Å²) < 4.78 is 0. The first-order valence-electron chi connectivity index (χ1n) is 9.41. The molecule has 2 amide bonds. The number of aromatic amines is 1. The zero-order valence-electron chi connectivity index (χ0n) is 16.3. The summed E-state index contributed by atoms with van der Waals surface area (Å²) in [6.45, 7) is 9.74. The van der Waals surface area contributed by atoms with Crippen LogP contribution in [0.2, 0.25) is 0 Å². The predicted octanol–water partition coefficient (Wildman–Crippen LogP) is 3.33. The minimum atomic E-state index is -0.596. The van der Waals surface area contributed by atoms with Crippen molar-refractivity contribution in [3.63, 3.8) is 0 Å². The Morgan fingerprint density at radius 3 is 2.69 bits per heavy atom. The number of aryl methyl sites for hydroxylation is 1. The number of para-hydroxylation sites is 1. The lowest BCUT2D eigenvalue weighted by atomic mass is 9.87. The van der Waals surface area contributed by atoms with E-state index in [4.69, 9.17) is 0 Å². The van der Waals surface area contributed by atoms with Gasteiger partial charge in [-0.2, -0.15) is 0 Å². The Morgan fingerprint density at radius 1 is 1.27 bits per heavy atom. The lowest BCUT2D eigenvalue weighted by Crippen LogP contribution is -2.50. The van der Waals surface area contributed by atoms with Gasteiger partial charge in [-0.25, -0.2) is 0 Å². The van der Waals surface area contributed by atoms with Crippen molar-refractivity contribution in [2.75, 3.05) is 0 Å². The molecular weight excluding hydrogens is 326 g/mol. The molecule has 0 radical (unpaired) electrons. The fourth-order valence-corrected chi connectivity index (χ4v) is 3.62. The Bertz CT molecular complexity index is 845. The van der Waals surface area contributed by atoms with Crippen LogP contribution < -0.4 is 10.6 Å². The normalized spacial score (nSPS) is 18.3. The topological polar surface area (TPSA) is 74.0 Å². The predicted molar refractivity (Wildman–Crippen MR) is 104 cm³/mol. The summed E-state index contributed by atoms with van der Waals surface area (Å²) in [5.74, 6) is 0.261. The molecule has 2 unspecified atom stereocenters. The number of nitrogens with one attached hydrogen (secondary N) is 3. The van der Waals surface area contributed by atoms with Gasteiger partial charge in [-0.3, -0.25) is 9.59 Å². The molecule has 0 bridgehead atoms. The first-order valence-corrected chi connectivity index (χ1v) is 9.41. The summed E-state index contributed by atoms with van der Waals surface area (Å²) >= 11 is 0. The number of fused-ring (bicyclic) bond motifs is 3. The Labute approximate surface area is 154 Å². The van der Waals surface area contributed by atoms with E-state index in [0.717, 1.165) is 23.7 Å². The molecule has 5 heteroatoms. The standard InChI is InChI=1S/C21H29N3O2/c1-12-9-10-17-16(11-12)14-7-6-8-15(18(14)23-17)20(26)22-13(2)19(25)24-21(3,4)5/h6-8,12-13,23H,9-11H2,1-5H3,(H,22,26)(H,24,25). The molecule has 1 aromatic carbocycles. The number of amides is 2. The van der Waals surface area contributed by atoms with Gasteiger partial charge in [0, 0.05) is 16.6 Å². The maximum absolute atomic E-state index is 12.8. The van der Waals surface area contributed by atoms with E-state index >= 15 is 0 Å². The van der Waals surface area contributed by atoms with Gasteiger partial charge in [-0.15, -0.1) is 0 Å². The highest BCUT2D eigenvalue weighted by Gasteiger charge is 2.24. The van der Waals surface area contributed by atoms with Crippen molar-refractivity contribution in [3.8, 4) is 0 Å². The summed E-state index contributed by atoms with van der Waals surface area (Å²) in [5, 5.41) is 6.86. The van der Waals surface area contributed by atoms with Crippen LogP contribution in [0.4, 0.5) is 0 Å². The number of carbonyl (C=O) groups excluding carboxylic acids is 2. The van der Waals surface area contributed by atoms with Crippen LogP contribution in [-0.2, 0) is 17.6 Å². The van der Waals surface area contributed by atoms with Crippen LogP contribution in [0.1, 0.15) is 62.7 Å². The zero-order chi connectivity index (χ0) is 19.1. The molecule has 3 rings (SSSR count). The smallest absolute Gasteiger partial charge is 0.254 e. The second-order valence-electron chi connectivity index (χ2n) is 8.59. The van der Waals surface area contributed by atoms with Crippen molar-refractivity contribution in [2.45, 2.75) is 65.5 Å². The molecule has 0 fully saturated rings. The van der Waals surface area contributed by atoms with Gasteiger partial charge in [0.1, 0.15) is 6.04 Å². The second-order valence-corrected chi connectivity index (χ2v) is 8.59. The molecule has 0 saturated carbocycles. The van der Waals surface area contributed by atoms with Crippen molar-refractivity contribution < 1.29 is 9.59 Å². The molecule has 26 heavy (non-hydrogen) atoms. The minimum absolute atomic E-state index is 0.183. The third kappa shape index (κ3) is 3.76. The Balaban J connectivity index is 1.84. The van der Waals surface area contributed by atoms with E-state index in [0.29, 0.717) is 11.5 Å². The number of benzene rings is 1. The molecule has 140 valence electrons. The van der Waals surface area contributed by atoms with Crippen molar-refractivity contribution in [1.82, 2.24) is 15.6 Å². The average Bonchev–Trinajstić information content (AvgIpc) is 2.91. The van der Waals surface area contributed by atoms with E-state index in [1.54, 1.807) is 6.92 Å². The molecule has 3 N–H and O–H groups in total. The van der Waals surface area contributed by atoms with E-state index in [2.05, 4.69) is 28.6 Å². The monoisotopic (exact) mass is 355 g/mol. The molecule has 0 spiro atoms. The number of aromatic nitrogens is 1. The minimum Gasteiger partial charge on any atom is -0.358 e. The van der Waals surface area contributed by atoms with Gasteiger partial charge in [0.15, 0.2) is 0 Å². The van der Waals surface area contributed by atoms with E-state index < -0.39 is 6.04 Å². The fourth-order valence-electron chi connectivity index (χ4n) is 3.62. The van der Waals surface area contributed by atoms with Crippen LogP contribution in [0.5, 0.6) is 0 Å². The van der Waals surface area contributed by atoms with E-state index in [9.17, 15) is 9.59 Å². The first kappa shape index (κ1) is 18.5. The maximum atomic E-state index is 12.8. The van der Waals surface area contributed by atoms with Crippen molar-refractivity contribution in [3.05, 3.63) is 35.0 Å². The van der Waals surface area contributed by atoms with Gasteiger partial charge >= 0.3 is 0 Å². The number of H-pyrrole nitrogens is 1. The summed E-state index contributed by atoms with van der Waals surface area (Å²) in [7, 11) is 0. The van der Waals surface area contributed by atoms with Crippen LogP contribution in [0, 0.1) is 5.92 Å². The number of hydrogen-bond donors (Lipinski definition) is 3. The lowest BCUT2D eigenvalue weighted by molar-refractivity contribution is -0.124. The molecule has 2 atom stereocenters. The fraction of sp³-hybridized carbons (Fsp3) is 0.524. The molecule has 0 aliphatic heterocycles. The third-order valence-corrected chi connectivity index (χ3v) is 4.95. The molecule has 1 aliphatic rings. The summed E-state index contributed by atoms with van der Waals surface area (Å²) in [6, 6.07) is 5.22. The molecule has 2 aromatic rings. The van der Waals surface area contributed by atoms with Crippen LogP contribution in [-0.4, -0.2) is 28.4 Å². The molecule has 1 aromatic heterocycles. The van der Waals surface area contributed by atoms with Crippen molar-refractivity contribution in [2.24, 2.45) is 5.92 Å². The van der Waals surface area contributed by atoms with Gasteiger partial charge in [0.25, 0.3) is 5.91 Å². The third-order valence-electron chi connectivity index (χ3n) is 4.95.